The van der Waals surface area contributed by atoms with Crippen LogP contribution >= 0.6 is 15.9 Å². The SMILES string of the molecule is C#CCCc1ccc(Br)c([N+](=O)[O-])c1. The summed E-state index contributed by atoms with van der Waals surface area (Å²) < 4.78 is 0.493. The molecule has 0 radical (unpaired) electrons. The van der Waals surface area contributed by atoms with Gasteiger partial charge in [-0.1, -0.05) is 6.07 Å². The highest BCUT2D eigenvalue weighted by atomic mass is 79.9. The van der Waals surface area contributed by atoms with E-state index >= 15 is 0 Å². The second-order valence-electron chi connectivity index (χ2n) is 2.75. The average molecular weight is 254 g/mol. The normalized spacial score (nSPS) is 9.43. The number of halogens is 1. The smallest absolute Gasteiger partial charge is 0.258 e. The van der Waals surface area contributed by atoms with Gasteiger partial charge in [-0.05, 0) is 34.0 Å². The first-order valence-corrected chi connectivity index (χ1v) is 4.80. The maximum Gasteiger partial charge on any atom is 0.283 e. The van der Waals surface area contributed by atoms with Crippen molar-refractivity contribution in [2.45, 2.75) is 12.8 Å². The molecule has 0 spiro atoms. The number of nitro groups is 1. The van der Waals surface area contributed by atoms with Crippen LogP contribution in [0.2, 0.25) is 0 Å². The summed E-state index contributed by atoms with van der Waals surface area (Å²) in [6, 6.07) is 5.04. The topological polar surface area (TPSA) is 43.1 Å². The molecule has 0 bridgehead atoms. The number of nitro benzene ring substituents is 1. The summed E-state index contributed by atoms with van der Waals surface area (Å²) in [5, 5.41) is 10.6. The van der Waals surface area contributed by atoms with Crippen molar-refractivity contribution in [3.05, 3.63) is 38.3 Å². The van der Waals surface area contributed by atoms with Gasteiger partial charge in [0, 0.05) is 12.5 Å². The van der Waals surface area contributed by atoms with E-state index in [-0.39, 0.29) is 5.69 Å². The standard InChI is InChI=1S/C10H8BrNO2/c1-2-3-4-8-5-6-9(11)10(7-8)12(13)14/h1,5-7H,3-4H2. The molecule has 3 nitrogen and oxygen atoms in total. The third-order valence-corrected chi connectivity index (χ3v) is 2.44. The Bertz CT molecular complexity index is 396. The molecule has 72 valence electrons. The zero-order valence-electron chi connectivity index (χ0n) is 7.37. The van der Waals surface area contributed by atoms with E-state index in [0.717, 1.165) is 5.56 Å². The van der Waals surface area contributed by atoms with E-state index in [9.17, 15) is 10.1 Å². The van der Waals surface area contributed by atoms with Gasteiger partial charge in [-0.3, -0.25) is 10.1 Å². The van der Waals surface area contributed by atoms with Crippen LogP contribution in [0.4, 0.5) is 5.69 Å². The first kappa shape index (κ1) is 10.7. The van der Waals surface area contributed by atoms with E-state index in [4.69, 9.17) is 6.42 Å². The molecule has 0 N–H and O–H groups in total. The number of terminal acetylenes is 1. The second kappa shape index (κ2) is 4.77. The van der Waals surface area contributed by atoms with Crippen molar-refractivity contribution in [1.82, 2.24) is 0 Å². The number of aryl methyl sites for hydroxylation is 1. The van der Waals surface area contributed by atoms with Crippen molar-refractivity contribution < 1.29 is 4.92 Å². The van der Waals surface area contributed by atoms with Crippen LogP contribution in [0.15, 0.2) is 22.7 Å². The monoisotopic (exact) mass is 253 g/mol. The van der Waals surface area contributed by atoms with Crippen LogP contribution in [0.1, 0.15) is 12.0 Å². The average Bonchev–Trinajstić information content (AvgIpc) is 2.16. The summed E-state index contributed by atoms with van der Waals surface area (Å²) in [5.74, 6) is 2.50. The molecule has 1 rings (SSSR count). The van der Waals surface area contributed by atoms with Crippen LogP contribution < -0.4 is 0 Å². The highest BCUT2D eigenvalue weighted by Crippen LogP contribution is 2.25. The van der Waals surface area contributed by atoms with Crippen molar-refractivity contribution >= 4 is 21.6 Å². The van der Waals surface area contributed by atoms with Gasteiger partial charge in [-0.15, -0.1) is 12.3 Å². The largest absolute Gasteiger partial charge is 0.283 e. The summed E-state index contributed by atoms with van der Waals surface area (Å²) >= 11 is 3.12. The number of nitrogens with zero attached hydrogens (tertiary/aromatic N) is 1. The van der Waals surface area contributed by atoms with Crippen molar-refractivity contribution in [2.24, 2.45) is 0 Å². The minimum absolute atomic E-state index is 0.0829. The minimum Gasteiger partial charge on any atom is -0.258 e. The van der Waals surface area contributed by atoms with Crippen LogP contribution in [-0.4, -0.2) is 4.92 Å². The van der Waals surface area contributed by atoms with Gasteiger partial charge in [0.1, 0.15) is 0 Å². The van der Waals surface area contributed by atoms with Crippen molar-refractivity contribution in [3.63, 3.8) is 0 Å². The molecule has 4 heteroatoms. The minimum atomic E-state index is -0.413. The van der Waals surface area contributed by atoms with E-state index in [2.05, 4.69) is 21.9 Å². The second-order valence-corrected chi connectivity index (χ2v) is 3.60. The molecule has 0 saturated carbocycles. The highest BCUT2D eigenvalue weighted by molar-refractivity contribution is 9.10. The fourth-order valence-corrected chi connectivity index (χ4v) is 1.46. The van der Waals surface area contributed by atoms with Crippen LogP contribution in [0, 0.1) is 22.5 Å². The summed E-state index contributed by atoms with van der Waals surface area (Å²) in [6.45, 7) is 0. The highest BCUT2D eigenvalue weighted by Gasteiger charge is 2.11. The van der Waals surface area contributed by atoms with Crippen LogP contribution in [0.25, 0.3) is 0 Å². The molecule has 0 aliphatic carbocycles. The summed E-state index contributed by atoms with van der Waals surface area (Å²) in [7, 11) is 0. The number of hydrogen-bond acceptors (Lipinski definition) is 2. The summed E-state index contributed by atoms with van der Waals surface area (Å²) in [4.78, 5) is 10.2. The lowest BCUT2D eigenvalue weighted by Crippen LogP contribution is -1.92. The quantitative estimate of drug-likeness (QED) is 0.472. The molecule has 0 fully saturated rings. The Morgan fingerprint density at radius 2 is 2.29 bits per heavy atom. The van der Waals surface area contributed by atoms with Gasteiger partial charge >= 0.3 is 0 Å². The zero-order valence-corrected chi connectivity index (χ0v) is 8.95. The first-order chi connectivity index (χ1) is 6.65. The molecule has 0 heterocycles. The van der Waals surface area contributed by atoms with Gasteiger partial charge in [0.2, 0.25) is 0 Å². The Morgan fingerprint density at radius 1 is 1.57 bits per heavy atom. The maximum atomic E-state index is 10.6. The molecular formula is C10H8BrNO2. The van der Waals surface area contributed by atoms with Crippen molar-refractivity contribution in [2.75, 3.05) is 0 Å². The van der Waals surface area contributed by atoms with E-state index in [1.54, 1.807) is 12.1 Å². The Hall–Kier alpha value is -1.34. The van der Waals surface area contributed by atoms with Gasteiger partial charge < -0.3 is 0 Å². The molecule has 0 aromatic heterocycles. The zero-order chi connectivity index (χ0) is 10.6. The lowest BCUT2D eigenvalue weighted by atomic mass is 10.1. The van der Waals surface area contributed by atoms with Crippen molar-refractivity contribution in [3.8, 4) is 12.3 Å². The molecule has 0 amide bonds. The fourth-order valence-electron chi connectivity index (χ4n) is 1.07. The van der Waals surface area contributed by atoms with E-state index in [1.165, 1.54) is 0 Å². The fraction of sp³-hybridized carbons (Fsp3) is 0.200. The molecule has 1 aromatic carbocycles. The molecule has 1 aromatic rings. The van der Waals surface area contributed by atoms with Crippen LogP contribution in [0.3, 0.4) is 0 Å². The Balaban J connectivity index is 2.96. The molecule has 0 atom stereocenters. The lowest BCUT2D eigenvalue weighted by molar-refractivity contribution is -0.385. The third-order valence-electron chi connectivity index (χ3n) is 1.77. The van der Waals surface area contributed by atoms with Crippen molar-refractivity contribution in [1.29, 1.82) is 0 Å². The van der Waals surface area contributed by atoms with Crippen LogP contribution in [-0.2, 0) is 6.42 Å². The predicted molar refractivity (Wildman–Crippen MR) is 58.0 cm³/mol. The Kier molecular flexibility index (Phi) is 3.66. The predicted octanol–water partition coefficient (Wildman–Crippen LogP) is 2.92. The lowest BCUT2D eigenvalue weighted by Gasteiger charge is -1.99. The first-order valence-electron chi connectivity index (χ1n) is 4.01. The Morgan fingerprint density at radius 3 is 2.86 bits per heavy atom. The van der Waals surface area contributed by atoms with Crippen LogP contribution in [0.5, 0.6) is 0 Å². The molecular weight excluding hydrogens is 246 g/mol. The van der Waals surface area contributed by atoms with Gasteiger partial charge in [0.05, 0.1) is 9.40 Å². The maximum absolute atomic E-state index is 10.6. The van der Waals surface area contributed by atoms with Gasteiger partial charge in [0.15, 0.2) is 0 Å². The number of rotatable bonds is 3. The van der Waals surface area contributed by atoms with Gasteiger partial charge in [0.25, 0.3) is 5.69 Å². The van der Waals surface area contributed by atoms with E-state index in [0.29, 0.717) is 17.3 Å². The molecule has 0 aliphatic heterocycles. The van der Waals surface area contributed by atoms with E-state index in [1.807, 2.05) is 6.07 Å². The Labute approximate surface area is 90.4 Å². The third kappa shape index (κ3) is 2.57. The summed E-state index contributed by atoms with van der Waals surface area (Å²) in [6.07, 6.45) is 6.38. The molecule has 0 unspecified atom stereocenters. The molecule has 0 saturated heterocycles. The molecule has 14 heavy (non-hydrogen) atoms. The van der Waals surface area contributed by atoms with Gasteiger partial charge in [-0.25, -0.2) is 0 Å². The number of benzene rings is 1. The van der Waals surface area contributed by atoms with Gasteiger partial charge in [-0.2, -0.15) is 0 Å². The van der Waals surface area contributed by atoms with E-state index < -0.39 is 4.92 Å². The summed E-state index contributed by atoms with van der Waals surface area (Å²) in [5.41, 5.74) is 0.970. The molecule has 0 aliphatic rings. The number of hydrogen-bond donors (Lipinski definition) is 0.